The van der Waals surface area contributed by atoms with Gasteiger partial charge in [-0.1, -0.05) is 30.3 Å². The molecule has 23 heavy (non-hydrogen) atoms. The summed E-state index contributed by atoms with van der Waals surface area (Å²) in [5.74, 6) is -1.06. The van der Waals surface area contributed by atoms with Gasteiger partial charge in [-0.05, 0) is 46.7 Å². The summed E-state index contributed by atoms with van der Waals surface area (Å²) in [5, 5.41) is 9.07. The Morgan fingerprint density at radius 3 is 2.52 bits per heavy atom. The predicted molar refractivity (Wildman–Crippen MR) is 78.0 cm³/mol. The summed E-state index contributed by atoms with van der Waals surface area (Å²) in [7, 11) is 0. The molecule has 0 bridgehead atoms. The van der Waals surface area contributed by atoms with Crippen molar-refractivity contribution < 1.29 is 23.1 Å². The van der Waals surface area contributed by atoms with Crippen molar-refractivity contribution in [1.82, 2.24) is 0 Å². The van der Waals surface area contributed by atoms with Crippen LogP contribution in [0.25, 0.3) is 11.1 Å². The zero-order valence-electron chi connectivity index (χ0n) is 12.0. The molecule has 0 aromatic heterocycles. The lowest BCUT2D eigenvalue weighted by Crippen LogP contribution is -2.13. The highest BCUT2D eigenvalue weighted by Gasteiger charge is 2.61. The molecule has 0 radical (unpaired) electrons. The van der Waals surface area contributed by atoms with Crippen molar-refractivity contribution >= 4 is 5.97 Å². The fourth-order valence-corrected chi connectivity index (χ4v) is 4.02. The minimum Gasteiger partial charge on any atom is -0.481 e. The standard InChI is InChI=1S/C18H13F3O2/c19-18(20,21)10-5-6-13-12-3-1-2-4-14(12)17(15(13)7-10)9-11(17)8-16(22)23/h1-7,11H,8-9H2,(H,22,23). The molecule has 2 aliphatic carbocycles. The van der Waals surface area contributed by atoms with E-state index in [1.807, 2.05) is 24.3 Å². The summed E-state index contributed by atoms with van der Waals surface area (Å²) >= 11 is 0. The number of hydrogen-bond donors (Lipinski definition) is 1. The Morgan fingerprint density at radius 2 is 1.83 bits per heavy atom. The summed E-state index contributed by atoms with van der Waals surface area (Å²) in [4.78, 5) is 11.1. The van der Waals surface area contributed by atoms with Crippen molar-refractivity contribution in [2.45, 2.75) is 24.4 Å². The molecule has 1 fully saturated rings. The van der Waals surface area contributed by atoms with E-state index in [0.717, 1.165) is 22.8 Å². The molecule has 1 saturated carbocycles. The Kier molecular flexibility index (Phi) is 2.72. The number of hydrogen-bond acceptors (Lipinski definition) is 1. The summed E-state index contributed by atoms with van der Waals surface area (Å²) in [5.41, 5.74) is 2.06. The largest absolute Gasteiger partial charge is 0.481 e. The highest BCUT2D eigenvalue weighted by Crippen LogP contribution is 2.67. The van der Waals surface area contributed by atoms with Gasteiger partial charge in [-0.15, -0.1) is 0 Å². The van der Waals surface area contributed by atoms with Gasteiger partial charge in [0.15, 0.2) is 0 Å². The smallest absolute Gasteiger partial charge is 0.416 e. The van der Waals surface area contributed by atoms with Crippen LogP contribution in [0, 0.1) is 5.92 Å². The number of rotatable bonds is 2. The van der Waals surface area contributed by atoms with E-state index in [1.165, 1.54) is 12.1 Å². The van der Waals surface area contributed by atoms with E-state index in [1.54, 1.807) is 0 Å². The number of carbonyl (C=O) groups is 1. The van der Waals surface area contributed by atoms with Gasteiger partial charge in [-0.3, -0.25) is 4.79 Å². The number of alkyl halides is 3. The first-order chi connectivity index (χ1) is 10.8. The second-order valence-corrected chi connectivity index (χ2v) is 6.27. The number of fused-ring (bicyclic) bond motifs is 5. The van der Waals surface area contributed by atoms with Crippen LogP contribution in [0.2, 0.25) is 0 Å². The van der Waals surface area contributed by atoms with Crippen LogP contribution in [0.5, 0.6) is 0 Å². The molecule has 0 amide bonds. The normalized spacial score (nSPS) is 24.4. The van der Waals surface area contributed by atoms with Crippen LogP contribution in [-0.4, -0.2) is 11.1 Å². The topological polar surface area (TPSA) is 37.3 Å². The van der Waals surface area contributed by atoms with Crippen molar-refractivity contribution in [3.05, 3.63) is 59.2 Å². The first-order valence-electron chi connectivity index (χ1n) is 7.37. The summed E-state index contributed by atoms with van der Waals surface area (Å²) in [6.07, 6.45) is -3.84. The zero-order chi connectivity index (χ0) is 16.4. The monoisotopic (exact) mass is 318 g/mol. The summed E-state index contributed by atoms with van der Waals surface area (Å²) in [6, 6.07) is 11.3. The number of halogens is 3. The third kappa shape index (κ3) is 1.92. The molecule has 4 rings (SSSR count). The van der Waals surface area contributed by atoms with Crippen molar-refractivity contribution in [3.63, 3.8) is 0 Å². The number of benzene rings is 2. The fraction of sp³-hybridized carbons (Fsp3) is 0.278. The van der Waals surface area contributed by atoms with Crippen molar-refractivity contribution in [3.8, 4) is 11.1 Å². The van der Waals surface area contributed by atoms with Crippen molar-refractivity contribution in [2.24, 2.45) is 5.92 Å². The van der Waals surface area contributed by atoms with Gasteiger partial charge in [-0.25, -0.2) is 0 Å². The number of carboxylic acids is 1. The van der Waals surface area contributed by atoms with E-state index in [-0.39, 0.29) is 12.3 Å². The Labute approximate surface area is 130 Å². The molecule has 1 N–H and O–H groups in total. The molecule has 2 unspecified atom stereocenters. The molecule has 2 aromatic rings. The molecule has 1 spiro atoms. The molecule has 0 aliphatic heterocycles. The van der Waals surface area contributed by atoms with E-state index in [2.05, 4.69) is 0 Å². The molecular weight excluding hydrogens is 305 g/mol. The first kappa shape index (κ1) is 14.3. The van der Waals surface area contributed by atoms with Gasteiger partial charge in [0.25, 0.3) is 0 Å². The Bertz CT molecular complexity index is 825. The highest BCUT2D eigenvalue weighted by molar-refractivity contribution is 5.84. The van der Waals surface area contributed by atoms with E-state index in [9.17, 15) is 18.0 Å². The van der Waals surface area contributed by atoms with Crippen LogP contribution in [-0.2, 0) is 16.4 Å². The average molecular weight is 318 g/mol. The second kappa shape index (κ2) is 4.37. The van der Waals surface area contributed by atoms with Crippen LogP contribution in [0.4, 0.5) is 13.2 Å². The molecule has 5 heteroatoms. The summed E-state index contributed by atoms with van der Waals surface area (Å²) < 4.78 is 39.2. The lowest BCUT2D eigenvalue weighted by atomic mass is 9.89. The maximum atomic E-state index is 13.1. The SMILES string of the molecule is O=C(O)CC1CC12c1ccccc1-c1ccc(C(F)(F)F)cc12. The Morgan fingerprint density at radius 1 is 1.13 bits per heavy atom. The van der Waals surface area contributed by atoms with Gasteiger partial charge in [0, 0.05) is 11.8 Å². The Balaban J connectivity index is 1.90. The Hall–Kier alpha value is -2.30. The first-order valence-corrected chi connectivity index (χ1v) is 7.37. The minimum absolute atomic E-state index is 0.0238. The summed E-state index contributed by atoms with van der Waals surface area (Å²) in [6.45, 7) is 0. The number of carboxylic acid groups (broad SMARTS) is 1. The van der Waals surface area contributed by atoms with Crippen LogP contribution < -0.4 is 0 Å². The van der Waals surface area contributed by atoms with Gasteiger partial charge in [0.1, 0.15) is 0 Å². The van der Waals surface area contributed by atoms with Crippen LogP contribution in [0.3, 0.4) is 0 Å². The van der Waals surface area contributed by atoms with Gasteiger partial charge in [-0.2, -0.15) is 13.2 Å². The molecule has 2 nitrogen and oxygen atoms in total. The van der Waals surface area contributed by atoms with Gasteiger partial charge < -0.3 is 5.11 Å². The molecule has 118 valence electrons. The van der Waals surface area contributed by atoms with E-state index < -0.39 is 23.1 Å². The maximum absolute atomic E-state index is 13.1. The molecular formula is C18H13F3O2. The second-order valence-electron chi connectivity index (χ2n) is 6.27. The van der Waals surface area contributed by atoms with E-state index >= 15 is 0 Å². The van der Waals surface area contributed by atoms with E-state index in [0.29, 0.717) is 12.0 Å². The zero-order valence-corrected chi connectivity index (χ0v) is 12.0. The predicted octanol–water partition coefficient (Wildman–Crippen LogP) is 4.47. The molecule has 2 aromatic carbocycles. The van der Waals surface area contributed by atoms with Crippen LogP contribution in [0.15, 0.2) is 42.5 Å². The third-order valence-corrected chi connectivity index (χ3v) is 5.05. The van der Waals surface area contributed by atoms with Crippen LogP contribution >= 0.6 is 0 Å². The highest BCUT2D eigenvalue weighted by atomic mass is 19.4. The maximum Gasteiger partial charge on any atom is 0.416 e. The van der Waals surface area contributed by atoms with Gasteiger partial charge in [0.05, 0.1) is 5.56 Å². The van der Waals surface area contributed by atoms with E-state index in [4.69, 9.17) is 5.11 Å². The van der Waals surface area contributed by atoms with Crippen molar-refractivity contribution in [2.75, 3.05) is 0 Å². The molecule has 2 atom stereocenters. The fourth-order valence-electron chi connectivity index (χ4n) is 4.02. The average Bonchev–Trinajstić information content (AvgIpc) is 3.11. The molecule has 2 aliphatic rings. The number of aliphatic carboxylic acids is 1. The van der Waals surface area contributed by atoms with Crippen molar-refractivity contribution in [1.29, 1.82) is 0 Å². The molecule has 0 saturated heterocycles. The van der Waals surface area contributed by atoms with Gasteiger partial charge in [0.2, 0.25) is 0 Å². The van der Waals surface area contributed by atoms with Crippen LogP contribution in [0.1, 0.15) is 29.5 Å². The lowest BCUT2D eigenvalue weighted by molar-refractivity contribution is -0.138. The molecule has 0 heterocycles. The quantitative estimate of drug-likeness (QED) is 0.887. The third-order valence-electron chi connectivity index (χ3n) is 5.05. The lowest BCUT2D eigenvalue weighted by Gasteiger charge is -2.15. The van der Waals surface area contributed by atoms with Gasteiger partial charge >= 0.3 is 12.1 Å². The minimum atomic E-state index is -4.40.